The Balaban J connectivity index is 0.000000237. The SMILES string of the molecule is CC(C)(C)OC(=O)NCCN.CC(C)Cc1sc(Cc2ccsc2C(=O)O)nc1-c1ccc(Cl)c(Cl)c1.CCCNC(=O)c1sccc1Cc1nc(-c2ccc(Cl)c(Cl)c2)c(CC(C)C)s1. The third-order valence-corrected chi connectivity index (χ3v) is 14.5. The molecule has 4 heterocycles. The summed E-state index contributed by atoms with van der Waals surface area (Å²) in [5, 5.41) is 22.6. The number of amides is 2. The Kier molecular flexibility index (Phi) is 21.9. The molecule has 0 spiro atoms. The molecule has 0 bridgehead atoms. The van der Waals surface area contributed by atoms with Gasteiger partial charge in [0.05, 0.1) is 46.4 Å². The Morgan fingerprint density at radius 1 is 0.712 bits per heavy atom. The summed E-state index contributed by atoms with van der Waals surface area (Å²) in [6.07, 6.45) is 3.52. The molecule has 6 aromatic rings. The Bertz CT molecular complexity index is 2540. The molecule has 0 unspecified atom stereocenters. The van der Waals surface area contributed by atoms with Crippen molar-refractivity contribution >= 4 is 110 Å². The second-order valence-corrected chi connectivity index (χ2v) is 22.7. The van der Waals surface area contributed by atoms with E-state index < -0.39 is 17.7 Å². The van der Waals surface area contributed by atoms with Gasteiger partial charge in [0.15, 0.2) is 0 Å². The van der Waals surface area contributed by atoms with E-state index in [0.29, 0.717) is 69.3 Å². The number of halogens is 4. The predicted octanol–water partition coefficient (Wildman–Crippen LogP) is 14.2. The van der Waals surface area contributed by atoms with Crippen molar-refractivity contribution in [2.45, 2.75) is 93.1 Å². The topological polar surface area (TPSA) is 157 Å². The number of alkyl carbamates (subject to hydrolysis) is 1. The minimum atomic E-state index is -0.890. The van der Waals surface area contributed by atoms with Crippen LogP contribution in [0.15, 0.2) is 59.3 Å². The molecule has 0 aliphatic carbocycles. The molecule has 0 aliphatic rings. The maximum absolute atomic E-state index is 12.4. The molecule has 0 aliphatic heterocycles. The minimum Gasteiger partial charge on any atom is -0.477 e. The van der Waals surface area contributed by atoms with Crippen molar-refractivity contribution in [1.29, 1.82) is 0 Å². The number of ether oxygens (including phenoxy) is 1. The molecule has 5 N–H and O–H groups in total. The lowest BCUT2D eigenvalue weighted by Crippen LogP contribution is -2.35. The Labute approximate surface area is 424 Å². The van der Waals surface area contributed by atoms with E-state index in [1.54, 1.807) is 34.1 Å². The van der Waals surface area contributed by atoms with Gasteiger partial charge in [-0.05, 0) is 110 Å². The van der Waals surface area contributed by atoms with Crippen molar-refractivity contribution in [2.75, 3.05) is 19.6 Å². The van der Waals surface area contributed by atoms with Crippen molar-refractivity contribution in [1.82, 2.24) is 20.6 Å². The minimum absolute atomic E-state index is 0.000478. The van der Waals surface area contributed by atoms with Crippen LogP contribution in [0.2, 0.25) is 20.1 Å². The molecule has 18 heteroatoms. The van der Waals surface area contributed by atoms with Gasteiger partial charge in [0.1, 0.15) is 10.5 Å². The second-order valence-electron chi connectivity index (χ2n) is 16.9. The van der Waals surface area contributed by atoms with Crippen LogP contribution in [-0.2, 0) is 30.4 Å². The molecule has 6 rings (SSSR count). The fourth-order valence-corrected chi connectivity index (χ4v) is 11.0. The predicted molar refractivity (Wildman–Crippen MR) is 279 cm³/mol. The second kappa shape index (κ2) is 26.3. The van der Waals surface area contributed by atoms with Crippen LogP contribution in [0.3, 0.4) is 0 Å². The number of carbonyl (C=O) groups excluding carboxylic acids is 2. The lowest BCUT2D eigenvalue weighted by atomic mass is 10.0. The maximum Gasteiger partial charge on any atom is 0.407 e. The fraction of sp³-hybridized carbons (Fsp3) is 0.396. The molecule has 356 valence electrons. The number of carbonyl (C=O) groups is 3. The average molecular weight is 1050 g/mol. The van der Waals surface area contributed by atoms with Crippen molar-refractivity contribution in [3.63, 3.8) is 0 Å². The van der Waals surface area contributed by atoms with Gasteiger partial charge in [-0.2, -0.15) is 0 Å². The molecular formula is C48H57Cl4N5O5S4. The van der Waals surface area contributed by atoms with Gasteiger partial charge in [0.25, 0.3) is 5.91 Å². The quantitative estimate of drug-likeness (QED) is 0.0746. The van der Waals surface area contributed by atoms with Crippen molar-refractivity contribution < 1.29 is 24.2 Å². The van der Waals surface area contributed by atoms with Crippen LogP contribution < -0.4 is 16.4 Å². The fourth-order valence-electron chi connectivity index (χ4n) is 6.18. The standard InChI is InChI=1S/C22H24Cl2N2OS2.C19H17Cl2NO2S2.C7H16N2O2/c1-4-8-25-22(27)21-15(7-9-28-21)12-19-26-20(18(29-19)10-13(2)3)14-5-6-16(23)17(24)11-14;1-10(2)7-15-17(11-3-4-13(20)14(21)8-11)22-16(26-15)9-12-5-6-25-18(12)19(23)24;1-7(2,3)11-6(10)9-5-4-8/h5-7,9,11,13H,4,8,10,12H2,1-3H3,(H,25,27);3-6,8,10H,7,9H2,1-2H3,(H,23,24);4-5,8H2,1-3H3,(H,9,10). The van der Waals surface area contributed by atoms with Crippen molar-refractivity contribution in [3.05, 3.63) is 120 Å². The molecule has 2 amide bonds. The zero-order chi connectivity index (χ0) is 48.7. The van der Waals surface area contributed by atoms with Gasteiger partial charge >= 0.3 is 12.1 Å². The molecule has 0 saturated heterocycles. The van der Waals surface area contributed by atoms with E-state index in [1.165, 1.54) is 32.4 Å². The van der Waals surface area contributed by atoms with Gasteiger partial charge in [-0.25, -0.2) is 19.6 Å². The smallest absolute Gasteiger partial charge is 0.407 e. The summed E-state index contributed by atoms with van der Waals surface area (Å²) in [4.78, 5) is 47.9. The normalized spacial score (nSPS) is 11.2. The van der Waals surface area contributed by atoms with Crippen LogP contribution >= 0.6 is 91.8 Å². The van der Waals surface area contributed by atoms with Gasteiger partial charge in [-0.15, -0.1) is 45.3 Å². The number of nitrogens with two attached hydrogens (primary N) is 1. The molecule has 0 saturated carbocycles. The van der Waals surface area contributed by atoms with Crippen LogP contribution in [0.5, 0.6) is 0 Å². The Morgan fingerprint density at radius 3 is 1.59 bits per heavy atom. The lowest BCUT2D eigenvalue weighted by molar-refractivity contribution is 0.0528. The molecule has 66 heavy (non-hydrogen) atoms. The van der Waals surface area contributed by atoms with Crippen LogP contribution in [0.25, 0.3) is 22.5 Å². The van der Waals surface area contributed by atoms with Gasteiger partial charge in [-0.1, -0.05) is 93.2 Å². The number of carboxylic acid groups (broad SMARTS) is 1. The first-order valence-electron chi connectivity index (χ1n) is 21.4. The first kappa shape index (κ1) is 55.0. The van der Waals surface area contributed by atoms with E-state index in [4.69, 9.17) is 66.8 Å². The first-order valence-corrected chi connectivity index (χ1v) is 26.3. The molecule has 0 atom stereocenters. The van der Waals surface area contributed by atoms with E-state index in [9.17, 15) is 19.5 Å². The molecular weight excluding hydrogens is 997 g/mol. The number of thiazole rings is 2. The highest BCUT2D eigenvalue weighted by atomic mass is 35.5. The summed E-state index contributed by atoms with van der Waals surface area (Å²) in [5.41, 5.74) is 10.3. The van der Waals surface area contributed by atoms with Gasteiger partial charge < -0.3 is 26.2 Å². The number of nitrogens with zero attached hydrogens (tertiary/aromatic N) is 2. The van der Waals surface area contributed by atoms with Crippen LogP contribution in [0.1, 0.15) is 112 Å². The van der Waals surface area contributed by atoms with E-state index in [0.717, 1.165) is 67.8 Å². The Morgan fingerprint density at radius 2 is 1.18 bits per heavy atom. The average Bonchev–Trinajstić information content (AvgIpc) is 4.06. The summed E-state index contributed by atoms with van der Waals surface area (Å²) >= 11 is 30.6. The van der Waals surface area contributed by atoms with Gasteiger partial charge in [-0.3, -0.25) is 4.79 Å². The number of aromatic nitrogens is 2. The van der Waals surface area contributed by atoms with Crippen molar-refractivity contribution in [3.8, 4) is 22.5 Å². The van der Waals surface area contributed by atoms with E-state index in [-0.39, 0.29) is 5.91 Å². The zero-order valence-electron chi connectivity index (χ0n) is 38.3. The molecule has 10 nitrogen and oxygen atoms in total. The number of benzene rings is 2. The first-order chi connectivity index (χ1) is 31.2. The number of hydrogen-bond donors (Lipinski definition) is 4. The largest absolute Gasteiger partial charge is 0.477 e. The van der Waals surface area contributed by atoms with Crippen molar-refractivity contribution in [2.24, 2.45) is 17.6 Å². The third kappa shape index (κ3) is 17.2. The summed E-state index contributed by atoms with van der Waals surface area (Å²) < 4.78 is 4.93. The molecule has 2 aromatic carbocycles. The Hall–Kier alpha value is -3.57. The number of nitrogens with one attached hydrogen (secondary N) is 2. The van der Waals surface area contributed by atoms with Gasteiger partial charge in [0, 0.05) is 53.4 Å². The summed E-state index contributed by atoms with van der Waals surface area (Å²) in [7, 11) is 0. The number of carboxylic acids is 1. The highest BCUT2D eigenvalue weighted by Gasteiger charge is 2.21. The van der Waals surface area contributed by atoms with Crippen LogP contribution in [-0.4, -0.2) is 58.3 Å². The number of rotatable bonds is 16. The highest BCUT2D eigenvalue weighted by molar-refractivity contribution is 7.13. The molecule has 4 aromatic heterocycles. The molecule has 0 fully saturated rings. The highest BCUT2D eigenvalue weighted by Crippen LogP contribution is 2.37. The summed E-state index contributed by atoms with van der Waals surface area (Å²) in [6, 6.07) is 15.1. The number of thiophene rings is 2. The van der Waals surface area contributed by atoms with Crippen LogP contribution in [0.4, 0.5) is 4.79 Å². The molecule has 0 radical (unpaired) electrons. The monoisotopic (exact) mass is 1050 g/mol. The van der Waals surface area contributed by atoms with Crippen LogP contribution in [0, 0.1) is 11.8 Å². The zero-order valence-corrected chi connectivity index (χ0v) is 44.6. The number of hydrogen-bond acceptors (Lipinski definition) is 11. The summed E-state index contributed by atoms with van der Waals surface area (Å²) in [6.45, 7) is 17.8. The number of aromatic carboxylic acids is 1. The van der Waals surface area contributed by atoms with E-state index in [2.05, 4.69) is 38.3 Å². The lowest BCUT2D eigenvalue weighted by Gasteiger charge is -2.19. The van der Waals surface area contributed by atoms with Gasteiger partial charge in [0.2, 0.25) is 0 Å². The summed E-state index contributed by atoms with van der Waals surface area (Å²) in [5.74, 6) is 0.112. The maximum atomic E-state index is 12.4. The third-order valence-electron chi connectivity index (χ3n) is 8.98. The van der Waals surface area contributed by atoms with E-state index >= 15 is 0 Å². The van der Waals surface area contributed by atoms with E-state index in [1.807, 2.05) is 75.5 Å².